The number of hydrogen-bond donors (Lipinski definition) is 2. The van der Waals surface area contributed by atoms with Crippen molar-refractivity contribution in [3.05, 3.63) is 59.7 Å². The van der Waals surface area contributed by atoms with Crippen LogP contribution in [0.3, 0.4) is 0 Å². The second-order valence-corrected chi connectivity index (χ2v) is 5.04. The molecule has 2 nitrogen and oxygen atoms in total. The molecule has 0 radical (unpaired) electrons. The quantitative estimate of drug-likeness (QED) is 0.860. The highest BCUT2D eigenvalue weighted by atomic mass is 14.6. The molecule has 0 saturated carbocycles. The maximum atomic E-state index is 5.99. The predicted molar refractivity (Wildman–Crippen MR) is 82.4 cm³/mol. The molecule has 2 heteroatoms. The SMILES string of the molecule is C=C1CC(=C)c2c1c(CN)c1ccccc1c2CN. The molecule has 0 amide bonds. The van der Waals surface area contributed by atoms with Gasteiger partial charge in [-0.15, -0.1) is 0 Å². The zero-order valence-corrected chi connectivity index (χ0v) is 11.0. The predicted octanol–water partition coefficient (Wildman–Crippen LogP) is 3.19. The van der Waals surface area contributed by atoms with E-state index in [1.54, 1.807) is 0 Å². The molecule has 0 spiro atoms. The summed E-state index contributed by atoms with van der Waals surface area (Å²) in [5.74, 6) is 0. The molecule has 2 aromatic carbocycles. The van der Waals surface area contributed by atoms with Gasteiger partial charge in [-0.1, -0.05) is 37.4 Å². The molecular weight excluding hydrogens is 232 g/mol. The Morgan fingerprint density at radius 1 is 0.842 bits per heavy atom. The van der Waals surface area contributed by atoms with Crippen molar-refractivity contribution < 1.29 is 0 Å². The molecule has 2 aromatic rings. The van der Waals surface area contributed by atoms with Crippen molar-refractivity contribution in [1.82, 2.24) is 0 Å². The van der Waals surface area contributed by atoms with Crippen molar-refractivity contribution in [2.24, 2.45) is 11.5 Å². The number of allylic oxidation sites excluding steroid dienone is 2. The van der Waals surface area contributed by atoms with Gasteiger partial charge in [0.1, 0.15) is 0 Å². The van der Waals surface area contributed by atoms with Crippen LogP contribution in [-0.2, 0) is 13.1 Å². The molecule has 4 N–H and O–H groups in total. The molecule has 1 aliphatic carbocycles. The van der Waals surface area contributed by atoms with Gasteiger partial charge < -0.3 is 11.5 Å². The second-order valence-electron chi connectivity index (χ2n) is 5.04. The third-order valence-electron chi connectivity index (χ3n) is 3.97. The average Bonchev–Trinajstić information content (AvgIpc) is 2.72. The van der Waals surface area contributed by atoms with Crippen LogP contribution < -0.4 is 11.5 Å². The Morgan fingerprint density at radius 2 is 1.26 bits per heavy atom. The van der Waals surface area contributed by atoms with Crippen molar-refractivity contribution in [2.45, 2.75) is 19.5 Å². The highest BCUT2D eigenvalue weighted by Crippen LogP contribution is 2.45. The molecule has 0 unspecified atom stereocenters. The molecule has 3 rings (SSSR count). The normalized spacial score (nSPS) is 14.2. The lowest BCUT2D eigenvalue weighted by Gasteiger charge is -2.17. The summed E-state index contributed by atoms with van der Waals surface area (Å²) in [7, 11) is 0. The Balaban J connectivity index is 2.55. The lowest BCUT2D eigenvalue weighted by molar-refractivity contribution is 1.05. The maximum absolute atomic E-state index is 5.99. The zero-order valence-electron chi connectivity index (χ0n) is 11.0. The summed E-state index contributed by atoms with van der Waals surface area (Å²) in [6.07, 6.45) is 0.825. The number of benzene rings is 2. The summed E-state index contributed by atoms with van der Waals surface area (Å²) in [4.78, 5) is 0. The van der Waals surface area contributed by atoms with Crippen molar-refractivity contribution in [2.75, 3.05) is 0 Å². The number of nitrogens with two attached hydrogens (primary N) is 2. The van der Waals surface area contributed by atoms with E-state index in [9.17, 15) is 0 Å². The summed E-state index contributed by atoms with van der Waals surface area (Å²) in [5, 5.41) is 2.39. The van der Waals surface area contributed by atoms with Gasteiger partial charge in [-0.3, -0.25) is 0 Å². The van der Waals surface area contributed by atoms with E-state index in [0.29, 0.717) is 13.1 Å². The van der Waals surface area contributed by atoms with Crippen LogP contribution in [0.2, 0.25) is 0 Å². The van der Waals surface area contributed by atoms with E-state index in [-0.39, 0.29) is 0 Å². The minimum absolute atomic E-state index is 0.514. The first-order valence-electron chi connectivity index (χ1n) is 6.52. The molecule has 19 heavy (non-hydrogen) atoms. The Kier molecular flexibility index (Phi) is 2.77. The third-order valence-corrected chi connectivity index (χ3v) is 3.97. The summed E-state index contributed by atoms with van der Waals surface area (Å²) < 4.78 is 0. The Morgan fingerprint density at radius 3 is 1.63 bits per heavy atom. The summed E-state index contributed by atoms with van der Waals surface area (Å²) in [5.41, 5.74) is 18.9. The molecule has 0 aromatic heterocycles. The minimum atomic E-state index is 0.514. The number of fused-ring (bicyclic) bond motifs is 2. The van der Waals surface area contributed by atoms with Crippen LogP contribution in [-0.4, -0.2) is 0 Å². The minimum Gasteiger partial charge on any atom is -0.326 e. The van der Waals surface area contributed by atoms with Gasteiger partial charge in [-0.05, 0) is 50.6 Å². The monoisotopic (exact) mass is 250 g/mol. The second kappa shape index (κ2) is 4.34. The fraction of sp³-hybridized carbons (Fsp3) is 0.176. The highest BCUT2D eigenvalue weighted by Gasteiger charge is 2.26. The van der Waals surface area contributed by atoms with Gasteiger partial charge in [0.2, 0.25) is 0 Å². The first-order chi connectivity index (χ1) is 9.19. The van der Waals surface area contributed by atoms with Gasteiger partial charge in [-0.25, -0.2) is 0 Å². The summed E-state index contributed by atoms with van der Waals surface area (Å²) in [6, 6.07) is 8.32. The van der Waals surface area contributed by atoms with E-state index < -0.39 is 0 Å². The topological polar surface area (TPSA) is 52.0 Å². The number of rotatable bonds is 2. The van der Waals surface area contributed by atoms with E-state index in [2.05, 4.69) is 25.3 Å². The van der Waals surface area contributed by atoms with Gasteiger partial charge in [0, 0.05) is 13.1 Å². The molecule has 1 aliphatic rings. The standard InChI is InChI=1S/C17H18N2/c1-10-7-11(2)17-15(9-19)13-6-4-3-5-12(13)14(8-18)16(10)17/h3-6H,1-2,7-9,18-19H2. The van der Waals surface area contributed by atoms with Gasteiger partial charge >= 0.3 is 0 Å². The first-order valence-corrected chi connectivity index (χ1v) is 6.52. The molecule has 0 fully saturated rings. The van der Waals surface area contributed by atoms with Crippen LogP contribution in [0.1, 0.15) is 28.7 Å². The van der Waals surface area contributed by atoms with Crippen molar-refractivity contribution in [3.63, 3.8) is 0 Å². The van der Waals surface area contributed by atoms with E-state index in [0.717, 1.165) is 17.6 Å². The molecule has 0 bridgehead atoms. The van der Waals surface area contributed by atoms with Gasteiger partial charge in [0.15, 0.2) is 0 Å². The lowest BCUT2D eigenvalue weighted by Crippen LogP contribution is -2.08. The smallest absolute Gasteiger partial charge is 0.0190 e. The van der Waals surface area contributed by atoms with E-state index in [1.807, 2.05) is 12.1 Å². The molecule has 0 saturated heterocycles. The average molecular weight is 250 g/mol. The lowest BCUT2D eigenvalue weighted by atomic mass is 9.89. The largest absolute Gasteiger partial charge is 0.326 e. The Hall–Kier alpha value is -1.90. The van der Waals surface area contributed by atoms with Gasteiger partial charge in [0.25, 0.3) is 0 Å². The summed E-state index contributed by atoms with van der Waals surface area (Å²) >= 11 is 0. The molecule has 0 heterocycles. The Bertz CT molecular complexity index is 650. The van der Waals surface area contributed by atoms with Crippen LogP contribution in [0, 0.1) is 0 Å². The van der Waals surface area contributed by atoms with Crippen molar-refractivity contribution in [3.8, 4) is 0 Å². The van der Waals surface area contributed by atoms with Crippen LogP contribution >= 0.6 is 0 Å². The molecule has 96 valence electrons. The first kappa shape index (κ1) is 12.2. The van der Waals surface area contributed by atoms with Gasteiger partial charge in [-0.2, -0.15) is 0 Å². The highest BCUT2D eigenvalue weighted by molar-refractivity contribution is 6.03. The van der Waals surface area contributed by atoms with Gasteiger partial charge in [0.05, 0.1) is 0 Å². The van der Waals surface area contributed by atoms with Crippen molar-refractivity contribution in [1.29, 1.82) is 0 Å². The zero-order chi connectivity index (χ0) is 13.6. The fourth-order valence-corrected chi connectivity index (χ4v) is 3.22. The fourth-order valence-electron chi connectivity index (χ4n) is 3.22. The maximum Gasteiger partial charge on any atom is 0.0190 e. The molecule has 0 atom stereocenters. The van der Waals surface area contributed by atoms with E-state index in [1.165, 1.54) is 33.0 Å². The van der Waals surface area contributed by atoms with Crippen LogP contribution in [0.25, 0.3) is 21.9 Å². The summed E-state index contributed by atoms with van der Waals surface area (Å²) in [6.45, 7) is 9.39. The van der Waals surface area contributed by atoms with Crippen molar-refractivity contribution >= 4 is 21.9 Å². The Labute approximate surface area is 113 Å². The third kappa shape index (κ3) is 1.57. The van der Waals surface area contributed by atoms with Crippen LogP contribution in [0.4, 0.5) is 0 Å². The molecule has 0 aliphatic heterocycles. The number of hydrogen-bond acceptors (Lipinski definition) is 2. The van der Waals surface area contributed by atoms with Crippen LogP contribution in [0.15, 0.2) is 37.4 Å². The van der Waals surface area contributed by atoms with E-state index >= 15 is 0 Å². The molecular formula is C17H18N2. The van der Waals surface area contributed by atoms with E-state index in [4.69, 9.17) is 11.5 Å². The van der Waals surface area contributed by atoms with Crippen LogP contribution in [0.5, 0.6) is 0 Å².